The summed E-state index contributed by atoms with van der Waals surface area (Å²) >= 11 is 3.48. The molecule has 21 heavy (non-hydrogen) atoms. The highest BCUT2D eigenvalue weighted by Gasteiger charge is 2.56. The van der Waals surface area contributed by atoms with Crippen molar-refractivity contribution in [3.05, 3.63) is 40.4 Å². The molecule has 0 spiro atoms. The molecule has 3 aliphatic carbocycles. The third kappa shape index (κ3) is 1.78. The smallest absolute Gasteiger partial charge is 0.238 e. The van der Waals surface area contributed by atoms with Crippen molar-refractivity contribution in [2.24, 2.45) is 23.7 Å². The fourth-order valence-electron chi connectivity index (χ4n) is 4.05. The zero-order valence-electron chi connectivity index (χ0n) is 11.8. The lowest BCUT2D eigenvalue weighted by Crippen LogP contribution is -2.38. The van der Waals surface area contributed by atoms with E-state index in [1.165, 1.54) is 4.90 Å². The van der Waals surface area contributed by atoms with E-state index in [9.17, 15) is 9.59 Å². The second-order valence-electron chi connectivity index (χ2n) is 6.29. The van der Waals surface area contributed by atoms with Gasteiger partial charge in [0.2, 0.25) is 11.8 Å². The summed E-state index contributed by atoms with van der Waals surface area (Å²) in [6.07, 6.45) is 6.36. The fourth-order valence-corrected chi connectivity index (χ4v) is 4.42. The van der Waals surface area contributed by atoms with E-state index in [2.05, 4.69) is 28.1 Å². The van der Waals surface area contributed by atoms with Crippen LogP contribution in [0.2, 0.25) is 0 Å². The largest absolute Gasteiger partial charge is 0.274 e. The number of anilines is 1. The summed E-state index contributed by atoms with van der Waals surface area (Å²) < 4.78 is 0.927. The molecule has 1 heterocycles. The lowest BCUT2D eigenvalue weighted by molar-refractivity contribution is -0.124. The number of carbonyl (C=O) groups excluding carboxylic acids is 2. The Morgan fingerprint density at radius 3 is 2.10 bits per heavy atom. The van der Waals surface area contributed by atoms with Gasteiger partial charge in [-0.3, -0.25) is 9.59 Å². The van der Waals surface area contributed by atoms with Gasteiger partial charge in [-0.1, -0.05) is 34.1 Å². The Kier molecular flexibility index (Phi) is 2.86. The number of aryl methyl sites for hydroxylation is 1. The molecule has 1 aromatic rings. The van der Waals surface area contributed by atoms with Crippen LogP contribution in [0.4, 0.5) is 5.69 Å². The molecule has 1 aliphatic heterocycles. The Morgan fingerprint density at radius 2 is 1.62 bits per heavy atom. The first-order valence-electron chi connectivity index (χ1n) is 7.40. The van der Waals surface area contributed by atoms with E-state index >= 15 is 0 Å². The van der Waals surface area contributed by atoms with E-state index < -0.39 is 0 Å². The van der Waals surface area contributed by atoms with E-state index in [0.717, 1.165) is 22.9 Å². The van der Waals surface area contributed by atoms with Gasteiger partial charge in [0.15, 0.2) is 0 Å². The van der Waals surface area contributed by atoms with Gasteiger partial charge < -0.3 is 0 Å². The van der Waals surface area contributed by atoms with Crippen molar-refractivity contribution in [2.45, 2.75) is 19.8 Å². The van der Waals surface area contributed by atoms with E-state index in [4.69, 9.17) is 0 Å². The number of nitrogens with zero attached hydrogens (tertiary/aromatic N) is 1. The van der Waals surface area contributed by atoms with Gasteiger partial charge in [-0.2, -0.15) is 0 Å². The number of carbonyl (C=O) groups is 2. The van der Waals surface area contributed by atoms with Crippen LogP contribution in [-0.4, -0.2) is 11.8 Å². The molecule has 1 saturated carbocycles. The highest BCUT2D eigenvalue weighted by atomic mass is 79.9. The van der Waals surface area contributed by atoms with Gasteiger partial charge in [0.1, 0.15) is 0 Å². The van der Waals surface area contributed by atoms with Gasteiger partial charge in [0, 0.05) is 4.47 Å². The quantitative estimate of drug-likeness (QED) is 0.577. The molecule has 108 valence electrons. The summed E-state index contributed by atoms with van der Waals surface area (Å²) in [6, 6.07) is 5.68. The molecule has 5 rings (SSSR count). The SMILES string of the molecule is Cc1ccc(N2C(=O)[C@@H]3[C@H](C2=O)[C@@H]2C=C[C@@H]3CC2)cc1Br. The van der Waals surface area contributed by atoms with Crippen LogP contribution in [0.3, 0.4) is 0 Å². The zero-order chi connectivity index (χ0) is 14.7. The summed E-state index contributed by atoms with van der Waals surface area (Å²) in [5.74, 6) is 0.188. The average Bonchev–Trinajstić information content (AvgIpc) is 2.78. The first-order valence-corrected chi connectivity index (χ1v) is 8.19. The second kappa shape index (κ2) is 4.54. The molecule has 0 N–H and O–H groups in total. The minimum absolute atomic E-state index is 0.0141. The molecule has 2 fully saturated rings. The van der Waals surface area contributed by atoms with Crippen molar-refractivity contribution < 1.29 is 9.59 Å². The molecular formula is C17H16BrNO2. The molecule has 2 bridgehead atoms. The molecule has 0 aromatic heterocycles. The first kappa shape index (κ1) is 13.3. The highest BCUT2D eigenvalue weighted by Crippen LogP contribution is 2.50. The molecular weight excluding hydrogens is 330 g/mol. The van der Waals surface area contributed by atoms with Crippen molar-refractivity contribution in [1.82, 2.24) is 0 Å². The number of amides is 2. The van der Waals surface area contributed by atoms with E-state index in [0.29, 0.717) is 5.69 Å². The second-order valence-corrected chi connectivity index (χ2v) is 7.14. The number of rotatable bonds is 1. The Bertz CT molecular complexity index is 649. The molecule has 4 atom stereocenters. The molecule has 0 unspecified atom stereocenters. The molecule has 4 aliphatic rings. The third-order valence-corrected chi connectivity index (χ3v) is 6.03. The molecule has 3 nitrogen and oxygen atoms in total. The summed E-state index contributed by atoms with van der Waals surface area (Å²) in [5, 5.41) is 0. The van der Waals surface area contributed by atoms with Gasteiger partial charge >= 0.3 is 0 Å². The van der Waals surface area contributed by atoms with Gasteiger partial charge in [0.05, 0.1) is 17.5 Å². The summed E-state index contributed by atoms with van der Waals surface area (Å²) in [6.45, 7) is 1.99. The minimum Gasteiger partial charge on any atom is -0.274 e. The maximum Gasteiger partial charge on any atom is 0.238 e. The van der Waals surface area contributed by atoms with Crippen LogP contribution in [0, 0.1) is 30.6 Å². The van der Waals surface area contributed by atoms with Crippen molar-refractivity contribution in [3.63, 3.8) is 0 Å². The molecule has 1 saturated heterocycles. The number of halogens is 1. The maximum absolute atomic E-state index is 12.8. The number of imide groups is 1. The molecule has 4 heteroatoms. The minimum atomic E-state index is -0.138. The normalized spacial score (nSPS) is 33.7. The lowest BCUT2D eigenvalue weighted by atomic mass is 9.63. The number of fused-ring (bicyclic) bond motifs is 1. The van der Waals surface area contributed by atoms with Gasteiger partial charge in [-0.05, 0) is 49.3 Å². The molecule has 2 amide bonds. The first-order chi connectivity index (χ1) is 10.1. The standard InChI is InChI=1S/C17H16BrNO2/c1-9-2-7-12(8-13(9)18)19-16(20)14-10-3-4-11(6-5-10)15(14)17(19)21/h2-4,7-8,10-11,14-15H,5-6H2,1H3/t10-,11-,14-,15+/m1/s1. The van der Waals surface area contributed by atoms with Crippen LogP contribution in [-0.2, 0) is 9.59 Å². The molecule has 0 radical (unpaired) electrons. The van der Waals surface area contributed by atoms with Crippen molar-refractivity contribution >= 4 is 33.4 Å². The van der Waals surface area contributed by atoms with E-state index in [1.54, 1.807) is 0 Å². The van der Waals surface area contributed by atoms with E-state index in [1.807, 2.05) is 25.1 Å². The Labute approximate surface area is 132 Å². The monoisotopic (exact) mass is 345 g/mol. The summed E-state index contributed by atoms with van der Waals surface area (Å²) in [4.78, 5) is 27.0. The highest BCUT2D eigenvalue weighted by molar-refractivity contribution is 9.10. The predicted molar refractivity (Wildman–Crippen MR) is 83.7 cm³/mol. The number of hydrogen-bond donors (Lipinski definition) is 0. The number of hydrogen-bond acceptors (Lipinski definition) is 2. The van der Waals surface area contributed by atoms with E-state index in [-0.39, 0.29) is 35.5 Å². The average molecular weight is 346 g/mol. The van der Waals surface area contributed by atoms with Gasteiger partial charge in [0.25, 0.3) is 0 Å². The van der Waals surface area contributed by atoms with Crippen molar-refractivity contribution in [3.8, 4) is 0 Å². The van der Waals surface area contributed by atoms with Crippen LogP contribution in [0.1, 0.15) is 18.4 Å². The third-order valence-electron chi connectivity index (χ3n) is 5.17. The lowest BCUT2D eigenvalue weighted by Gasteiger charge is -2.38. The van der Waals surface area contributed by atoms with Crippen LogP contribution in [0.5, 0.6) is 0 Å². The van der Waals surface area contributed by atoms with Crippen molar-refractivity contribution in [2.75, 3.05) is 4.90 Å². The fraction of sp³-hybridized carbons (Fsp3) is 0.412. The molecule has 1 aromatic carbocycles. The van der Waals surface area contributed by atoms with Crippen molar-refractivity contribution in [1.29, 1.82) is 0 Å². The maximum atomic E-state index is 12.8. The topological polar surface area (TPSA) is 37.4 Å². The summed E-state index contributed by atoms with van der Waals surface area (Å²) in [5.41, 5.74) is 1.79. The van der Waals surface area contributed by atoms with Crippen LogP contribution < -0.4 is 4.90 Å². The Balaban J connectivity index is 1.76. The Morgan fingerprint density at radius 1 is 1.05 bits per heavy atom. The number of benzene rings is 1. The van der Waals surface area contributed by atoms with Gasteiger partial charge in [-0.25, -0.2) is 4.90 Å². The zero-order valence-corrected chi connectivity index (χ0v) is 13.3. The van der Waals surface area contributed by atoms with Crippen LogP contribution >= 0.6 is 15.9 Å². The van der Waals surface area contributed by atoms with Crippen LogP contribution in [0.15, 0.2) is 34.8 Å². The Hall–Kier alpha value is -1.42. The van der Waals surface area contributed by atoms with Crippen LogP contribution in [0.25, 0.3) is 0 Å². The van der Waals surface area contributed by atoms with Gasteiger partial charge in [-0.15, -0.1) is 0 Å². The predicted octanol–water partition coefficient (Wildman–Crippen LogP) is 3.46. The summed E-state index contributed by atoms with van der Waals surface area (Å²) in [7, 11) is 0. The number of allylic oxidation sites excluding steroid dienone is 2.